The molecule has 1 unspecified atom stereocenters. The van der Waals surface area contributed by atoms with Gasteiger partial charge in [0.2, 0.25) is 0 Å². The normalized spacial score (nSPS) is 21.8. The lowest BCUT2D eigenvalue weighted by Gasteiger charge is -2.35. The second-order valence-corrected chi connectivity index (χ2v) is 7.78. The Morgan fingerprint density at radius 2 is 2.00 bits per heavy atom. The molecule has 1 heterocycles. The quantitative estimate of drug-likeness (QED) is 0.896. The minimum absolute atomic E-state index is 0.290. The Morgan fingerprint density at radius 3 is 2.65 bits per heavy atom. The van der Waals surface area contributed by atoms with E-state index >= 15 is 0 Å². The number of nitrogens with zero attached hydrogens (tertiary/aromatic N) is 1. The van der Waals surface area contributed by atoms with Gasteiger partial charge in [-0.25, -0.2) is 0 Å². The van der Waals surface area contributed by atoms with Gasteiger partial charge in [-0.15, -0.1) is 0 Å². The van der Waals surface area contributed by atoms with Crippen molar-refractivity contribution in [3.63, 3.8) is 0 Å². The van der Waals surface area contributed by atoms with Gasteiger partial charge in [0.1, 0.15) is 0 Å². The molecular formula is C16H23ClN2S. The molecular weight excluding hydrogens is 288 g/mol. The number of nitrogens with one attached hydrogen (secondary N) is 1. The zero-order valence-corrected chi connectivity index (χ0v) is 14.0. The van der Waals surface area contributed by atoms with Gasteiger partial charge in [0.25, 0.3) is 0 Å². The number of rotatable bonds is 3. The number of halogens is 1. The van der Waals surface area contributed by atoms with E-state index in [0.29, 0.717) is 6.04 Å². The van der Waals surface area contributed by atoms with Crippen LogP contribution in [-0.4, -0.2) is 23.5 Å². The van der Waals surface area contributed by atoms with Gasteiger partial charge in [0.05, 0.1) is 0 Å². The molecule has 1 saturated heterocycles. The molecule has 0 aromatic heterocycles. The number of benzene rings is 1. The maximum atomic E-state index is 5.89. The Morgan fingerprint density at radius 1 is 1.30 bits per heavy atom. The number of hydrogen-bond donors (Lipinski definition) is 1. The fourth-order valence-electron chi connectivity index (χ4n) is 2.21. The van der Waals surface area contributed by atoms with Crippen LogP contribution in [0, 0.1) is 5.41 Å². The summed E-state index contributed by atoms with van der Waals surface area (Å²) in [6.45, 7) is 7.68. The molecule has 110 valence electrons. The van der Waals surface area contributed by atoms with Gasteiger partial charge in [-0.1, -0.05) is 56.3 Å². The summed E-state index contributed by atoms with van der Waals surface area (Å²) in [6, 6.07) is 8.54. The average Bonchev–Trinajstić information content (AvgIpc) is 2.40. The number of hydrogen-bond acceptors (Lipinski definition) is 2. The fourth-order valence-corrected chi connectivity index (χ4v) is 3.30. The van der Waals surface area contributed by atoms with Gasteiger partial charge in [-0.3, -0.25) is 4.99 Å². The van der Waals surface area contributed by atoms with E-state index in [4.69, 9.17) is 16.6 Å². The van der Waals surface area contributed by atoms with E-state index in [9.17, 15) is 0 Å². The minimum atomic E-state index is 0.290. The minimum Gasteiger partial charge on any atom is -0.362 e. The van der Waals surface area contributed by atoms with Gasteiger partial charge < -0.3 is 5.32 Å². The van der Waals surface area contributed by atoms with Crippen molar-refractivity contribution in [2.24, 2.45) is 10.4 Å². The summed E-state index contributed by atoms with van der Waals surface area (Å²) in [5, 5.41) is 5.47. The topological polar surface area (TPSA) is 24.4 Å². The van der Waals surface area contributed by atoms with Gasteiger partial charge >= 0.3 is 0 Å². The zero-order valence-electron chi connectivity index (χ0n) is 12.4. The van der Waals surface area contributed by atoms with Crippen LogP contribution in [0.3, 0.4) is 0 Å². The van der Waals surface area contributed by atoms with E-state index in [-0.39, 0.29) is 5.41 Å². The van der Waals surface area contributed by atoms with Crippen molar-refractivity contribution in [3.8, 4) is 0 Å². The Hall–Kier alpha value is -0.670. The molecule has 1 aromatic carbocycles. The highest BCUT2D eigenvalue weighted by atomic mass is 35.5. The summed E-state index contributed by atoms with van der Waals surface area (Å²) in [7, 11) is 0. The summed E-state index contributed by atoms with van der Waals surface area (Å²) < 4.78 is 0. The zero-order chi connectivity index (χ0) is 14.6. The van der Waals surface area contributed by atoms with Crippen LogP contribution in [0.1, 0.15) is 32.8 Å². The van der Waals surface area contributed by atoms with Crippen molar-refractivity contribution >= 4 is 28.5 Å². The molecule has 1 N–H and O–H groups in total. The third-order valence-corrected chi connectivity index (χ3v) is 4.77. The predicted octanol–water partition coefficient (Wildman–Crippen LogP) is 4.38. The van der Waals surface area contributed by atoms with E-state index in [2.05, 4.69) is 38.2 Å². The molecule has 0 radical (unpaired) electrons. The predicted molar refractivity (Wildman–Crippen MR) is 90.9 cm³/mol. The summed E-state index contributed by atoms with van der Waals surface area (Å²) in [4.78, 5) is 4.70. The molecule has 2 rings (SSSR count). The lowest BCUT2D eigenvalue weighted by Crippen LogP contribution is -2.46. The molecule has 1 aliphatic rings. The molecule has 0 aliphatic carbocycles. The molecule has 1 aliphatic heterocycles. The Kier molecular flexibility index (Phi) is 5.39. The molecule has 0 spiro atoms. The van der Waals surface area contributed by atoms with Crippen LogP contribution in [0.25, 0.3) is 0 Å². The van der Waals surface area contributed by atoms with E-state index in [0.717, 1.165) is 28.9 Å². The molecule has 0 amide bonds. The van der Waals surface area contributed by atoms with Gasteiger partial charge in [0, 0.05) is 23.4 Å². The Balaban J connectivity index is 1.86. The Bertz CT molecular complexity index is 462. The van der Waals surface area contributed by atoms with Gasteiger partial charge in [0.15, 0.2) is 5.17 Å². The summed E-state index contributed by atoms with van der Waals surface area (Å²) in [6.07, 6.45) is 2.17. The monoisotopic (exact) mass is 310 g/mol. The van der Waals surface area contributed by atoms with Crippen molar-refractivity contribution in [1.29, 1.82) is 0 Å². The van der Waals surface area contributed by atoms with E-state index < -0.39 is 0 Å². The highest BCUT2D eigenvalue weighted by Crippen LogP contribution is 2.27. The number of aliphatic imine (C=N–C) groups is 1. The number of amidine groups is 1. The molecule has 4 heteroatoms. The first-order chi connectivity index (χ1) is 9.45. The maximum absolute atomic E-state index is 5.89. The third-order valence-electron chi connectivity index (χ3n) is 3.56. The van der Waals surface area contributed by atoms with Crippen molar-refractivity contribution in [1.82, 2.24) is 5.32 Å². The summed E-state index contributed by atoms with van der Waals surface area (Å²) in [5.41, 5.74) is 1.57. The van der Waals surface area contributed by atoms with Crippen molar-refractivity contribution in [3.05, 3.63) is 34.9 Å². The van der Waals surface area contributed by atoms with Crippen LogP contribution in [0.15, 0.2) is 29.3 Å². The van der Waals surface area contributed by atoms with Gasteiger partial charge in [-0.05, 0) is 36.0 Å². The van der Waals surface area contributed by atoms with Crippen molar-refractivity contribution in [2.45, 2.75) is 39.7 Å². The highest BCUT2D eigenvalue weighted by Gasteiger charge is 2.28. The molecule has 1 aromatic rings. The number of thioether (sulfide) groups is 1. The van der Waals surface area contributed by atoms with Crippen LogP contribution in [-0.2, 0) is 6.42 Å². The highest BCUT2D eigenvalue weighted by molar-refractivity contribution is 8.13. The largest absolute Gasteiger partial charge is 0.362 e. The van der Waals surface area contributed by atoms with Crippen LogP contribution in [0.4, 0.5) is 0 Å². The van der Waals surface area contributed by atoms with Crippen molar-refractivity contribution < 1.29 is 0 Å². The molecule has 1 atom stereocenters. The van der Waals surface area contributed by atoms with E-state index in [1.165, 1.54) is 12.0 Å². The lowest BCUT2D eigenvalue weighted by molar-refractivity contribution is 0.290. The summed E-state index contributed by atoms with van der Waals surface area (Å²) >= 11 is 7.72. The first kappa shape index (κ1) is 15.7. The second kappa shape index (κ2) is 6.86. The van der Waals surface area contributed by atoms with E-state index in [1.54, 1.807) is 0 Å². The van der Waals surface area contributed by atoms with E-state index in [1.807, 2.05) is 23.9 Å². The second-order valence-electron chi connectivity index (χ2n) is 6.26. The van der Waals surface area contributed by atoms with Crippen LogP contribution in [0.5, 0.6) is 0 Å². The smallest absolute Gasteiger partial charge is 0.156 e. The first-order valence-corrected chi connectivity index (χ1v) is 8.50. The Labute approximate surface area is 131 Å². The maximum Gasteiger partial charge on any atom is 0.156 e. The lowest BCUT2D eigenvalue weighted by atomic mass is 9.85. The molecule has 20 heavy (non-hydrogen) atoms. The standard InChI is InChI=1S/C16H23ClN2S/c1-16(2,3)14-9-11-20-15(19-14)18-10-8-12-4-6-13(17)7-5-12/h4-7,14H,8-11H2,1-3H3,(H,18,19). The molecule has 1 fully saturated rings. The van der Waals surface area contributed by atoms with Crippen LogP contribution in [0.2, 0.25) is 5.02 Å². The van der Waals surface area contributed by atoms with Crippen molar-refractivity contribution in [2.75, 3.05) is 12.3 Å². The molecule has 0 bridgehead atoms. The third kappa shape index (κ3) is 4.71. The fraction of sp³-hybridized carbons (Fsp3) is 0.562. The molecule has 0 saturated carbocycles. The first-order valence-electron chi connectivity index (χ1n) is 7.13. The molecule has 2 nitrogen and oxygen atoms in total. The van der Waals surface area contributed by atoms with Gasteiger partial charge in [-0.2, -0.15) is 0 Å². The van der Waals surface area contributed by atoms with Crippen LogP contribution >= 0.6 is 23.4 Å². The average molecular weight is 311 g/mol. The summed E-state index contributed by atoms with van der Waals surface area (Å²) in [5.74, 6) is 1.16. The van der Waals surface area contributed by atoms with Crippen LogP contribution < -0.4 is 5.32 Å². The SMILES string of the molecule is CC(C)(C)C1CCSC(=NCCc2ccc(Cl)cc2)N1.